The Morgan fingerprint density at radius 3 is 2.61 bits per heavy atom. The molecule has 1 aromatic heterocycles. The van der Waals surface area contributed by atoms with Crippen LogP contribution in [-0.2, 0) is 23.2 Å². The van der Waals surface area contributed by atoms with Crippen LogP contribution in [0.5, 0.6) is 11.5 Å². The molecule has 2 amide bonds. The quantitative estimate of drug-likeness (QED) is 0.354. The average molecular weight is 532 g/mol. The van der Waals surface area contributed by atoms with E-state index in [1.807, 2.05) is 25.1 Å². The van der Waals surface area contributed by atoms with Crippen LogP contribution < -0.4 is 20.1 Å². The van der Waals surface area contributed by atoms with Crippen LogP contribution in [0.25, 0.3) is 0 Å². The van der Waals surface area contributed by atoms with Crippen molar-refractivity contribution in [2.24, 2.45) is 7.05 Å². The number of nitrogens with one attached hydrogen (secondary N) is 2. The van der Waals surface area contributed by atoms with E-state index in [4.69, 9.17) is 21.1 Å². The van der Waals surface area contributed by atoms with Crippen molar-refractivity contribution in [2.75, 3.05) is 24.8 Å². The van der Waals surface area contributed by atoms with Crippen molar-refractivity contribution in [3.05, 3.63) is 58.4 Å². The van der Waals surface area contributed by atoms with Crippen molar-refractivity contribution in [1.29, 1.82) is 0 Å². The van der Waals surface area contributed by atoms with Crippen LogP contribution in [-0.4, -0.2) is 46.0 Å². The Hall–Kier alpha value is -3.24. The topological polar surface area (TPSA) is 107 Å². The molecule has 192 valence electrons. The van der Waals surface area contributed by atoms with Crippen LogP contribution in [0.4, 0.5) is 5.69 Å². The second-order valence-electron chi connectivity index (χ2n) is 8.40. The van der Waals surface area contributed by atoms with E-state index in [1.54, 1.807) is 29.8 Å². The van der Waals surface area contributed by atoms with Gasteiger partial charge in [-0.05, 0) is 48.2 Å². The molecule has 0 aliphatic heterocycles. The fraction of sp³-hybridized carbons (Fsp3) is 0.360. The number of ether oxygens (including phenoxy) is 2. The lowest BCUT2D eigenvalue weighted by molar-refractivity contribution is -0.123. The first kappa shape index (κ1) is 27.3. The van der Waals surface area contributed by atoms with E-state index in [2.05, 4.69) is 34.7 Å². The molecular weight excluding hydrogens is 502 g/mol. The predicted octanol–water partition coefficient (Wildman–Crippen LogP) is 4.33. The summed E-state index contributed by atoms with van der Waals surface area (Å²) in [5, 5.41) is 14.9. The van der Waals surface area contributed by atoms with Gasteiger partial charge in [0.05, 0.1) is 25.1 Å². The molecule has 1 heterocycles. The normalized spacial score (nSPS) is 10.9. The molecule has 0 unspecified atom stereocenters. The molecule has 3 aromatic rings. The number of carbonyl (C=O) groups is 2. The zero-order chi connectivity index (χ0) is 26.2. The maximum atomic E-state index is 12.4. The molecule has 0 bridgehead atoms. The maximum Gasteiger partial charge on any atom is 0.258 e. The highest BCUT2D eigenvalue weighted by molar-refractivity contribution is 7.99. The highest BCUT2D eigenvalue weighted by Gasteiger charge is 2.15. The van der Waals surface area contributed by atoms with E-state index >= 15 is 0 Å². The average Bonchev–Trinajstić information content (AvgIpc) is 3.19. The van der Waals surface area contributed by atoms with Crippen LogP contribution in [0, 0.1) is 6.92 Å². The SMILES string of the molecule is COc1ccc(Cl)cc1NC(=O)CSc1nnc(CNC(=O)COc2cc(C)ccc2C(C)C)n1C. The van der Waals surface area contributed by atoms with Crippen molar-refractivity contribution < 1.29 is 19.1 Å². The maximum absolute atomic E-state index is 12.4. The van der Waals surface area contributed by atoms with Gasteiger partial charge in [-0.2, -0.15) is 0 Å². The summed E-state index contributed by atoms with van der Waals surface area (Å²) in [4.78, 5) is 24.8. The summed E-state index contributed by atoms with van der Waals surface area (Å²) in [6, 6.07) is 11.0. The molecular formula is C25H30ClN5O4S. The van der Waals surface area contributed by atoms with E-state index in [0.717, 1.165) is 11.1 Å². The van der Waals surface area contributed by atoms with Crippen molar-refractivity contribution >= 4 is 40.9 Å². The lowest BCUT2D eigenvalue weighted by Crippen LogP contribution is -2.29. The zero-order valence-electron chi connectivity index (χ0n) is 20.9. The van der Waals surface area contributed by atoms with Gasteiger partial charge in [0.15, 0.2) is 17.6 Å². The Morgan fingerprint density at radius 2 is 1.89 bits per heavy atom. The van der Waals surface area contributed by atoms with Gasteiger partial charge >= 0.3 is 0 Å². The Kier molecular flexibility index (Phi) is 9.60. The molecule has 0 saturated heterocycles. The third-order valence-corrected chi connectivity index (χ3v) is 6.54. The van der Waals surface area contributed by atoms with Gasteiger partial charge in [-0.15, -0.1) is 10.2 Å². The Bertz CT molecular complexity index is 1230. The van der Waals surface area contributed by atoms with E-state index in [9.17, 15) is 9.59 Å². The minimum absolute atomic E-state index is 0.101. The number of benzene rings is 2. The first-order chi connectivity index (χ1) is 17.2. The number of rotatable bonds is 11. The summed E-state index contributed by atoms with van der Waals surface area (Å²) in [6.45, 7) is 6.23. The summed E-state index contributed by atoms with van der Waals surface area (Å²) in [5.41, 5.74) is 2.62. The van der Waals surface area contributed by atoms with Crippen LogP contribution in [0.1, 0.15) is 36.7 Å². The van der Waals surface area contributed by atoms with Crippen LogP contribution >= 0.6 is 23.4 Å². The third kappa shape index (κ3) is 7.38. The molecule has 9 nitrogen and oxygen atoms in total. The summed E-state index contributed by atoms with van der Waals surface area (Å²) in [6.07, 6.45) is 0. The van der Waals surface area contributed by atoms with Crippen LogP contribution in [0.3, 0.4) is 0 Å². The van der Waals surface area contributed by atoms with Crippen LogP contribution in [0.2, 0.25) is 5.02 Å². The molecule has 0 radical (unpaired) electrons. The summed E-state index contributed by atoms with van der Waals surface area (Å²) < 4.78 is 12.8. The fourth-order valence-corrected chi connectivity index (χ4v) is 4.24. The number of aromatic nitrogens is 3. The van der Waals surface area contributed by atoms with E-state index in [0.29, 0.717) is 33.2 Å². The minimum Gasteiger partial charge on any atom is -0.495 e. The highest BCUT2D eigenvalue weighted by Crippen LogP contribution is 2.29. The lowest BCUT2D eigenvalue weighted by Gasteiger charge is -2.14. The number of carbonyl (C=O) groups excluding carboxylic acids is 2. The molecule has 0 spiro atoms. The lowest BCUT2D eigenvalue weighted by atomic mass is 10.0. The first-order valence-electron chi connectivity index (χ1n) is 11.3. The number of nitrogens with zero attached hydrogens (tertiary/aromatic N) is 3. The molecule has 2 aromatic carbocycles. The molecule has 0 aliphatic carbocycles. The Balaban J connectivity index is 1.49. The number of hydrogen-bond acceptors (Lipinski definition) is 7. The second-order valence-corrected chi connectivity index (χ2v) is 9.78. The van der Waals surface area contributed by atoms with Crippen molar-refractivity contribution in [1.82, 2.24) is 20.1 Å². The molecule has 2 N–H and O–H groups in total. The monoisotopic (exact) mass is 531 g/mol. The number of hydrogen-bond donors (Lipinski definition) is 2. The number of methoxy groups -OCH3 is 1. The molecule has 0 saturated carbocycles. The number of anilines is 1. The Labute approximate surface area is 219 Å². The summed E-state index contributed by atoms with van der Waals surface area (Å²) in [5.74, 6) is 1.67. The smallest absolute Gasteiger partial charge is 0.258 e. The van der Waals surface area contributed by atoms with Crippen molar-refractivity contribution in [3.63, 3.8) is 0 Å². The highest BCUT2D eigenvalue weighted by atomic mass is 35.5. The second kappa shape index (κ2) is 12.6. The van der Waals surface area contributed by atoms with Gasteiger partial charge in [-0.25, -0.2) is 0 Å². The predicted molar refractivity (Wildman–Crippen MR) is 141 cm³/mol. The molecule has 36 heavy (non-hydrogen) atoms. The van der Waals surface area contributed by atoms with Gasteiger partial charge in [0.1, 0.15) is 11.5 Å². The van der Waals surface area contributed by atoms with Crippen molar-refractivity contribution in [3.8, 4) is 11.5 Å². The molecule has 0 aliphatic rings. The molecule has 11 heteroatoms. The number of aryl methyl sites for hydroxylation is 1. The van der Waals surface area contributed by atoms with Gasteiger partial charge in [-0.3, -0.25) is 9.59 Å². The molecule has 0 fully saturated rings. The Morgan fingerprint density at radius 1 is 1.11 bits per heavy atom. The van der Waals surface area contributed by atoms with Crippen molar-refractivity contribution in [2.45, 2.75) is 38.4 Å². The number of amides is 2. The zero-order valence-corrected chi connectivity index (χ0v) is 22.5. The van der Waals surface area contributed by atoms with E-state index in [1.165, 1.54) is 18.9 Å². The summed E-state index contributed by atoms with van der Waals surface area (Å²) in [7, 11) is 3.30. The third-order valence-electron chi connectivity index (χ3n) is 5.29. The van der Waals surface area contributed by atoms with Gasteiger partial charge in [-0.1, -0.05) is 49.3 Å². The number of thioether (sulfide) groups is 1. The van der Waals surface area contributed by atoms with Crippen LogP contribution in [0.15, 0.2) is 41.6 Å². The largest absolute Gasteiger partial charge is 0.495 e. The van der Waals surface area contributed by atoms with Gasteiger partial charge in [0.2, 0.25) is 5.91 Å². The molecule has 3 rings (SSSR count). The van der Waals surface area contributed by atoms with E-state index < -0.39 is 0 Å². The molecule has 0 atom stereocenters. The minimum atomic E-state index is -0.265. The van der Waals surface area contributed by atoms with E-state index in [-0.39, 0.29) is 36.6 Å². The van der Waals surface area contributed by atoms with Gasteiger partial charge in [0, 0.05) is 12.1 Å². The first-order valence-corrected chi connectivity index (χ1v) is 12.7. The number of halogens is 1. The van der Waals surface area contributed by atoms with Gasteiger partial charge < -0.3 is 24.7 Å². The van der Waals surface area contributed by atoms with Gasteiger partial charge in [0.25, 0.3) is 5.91 Å². The fourth-order valence-electron chi connectivity index (χ4n) is 3.33. The standard InChI is InChI=1S/C25H30ClN5O4S/c1-15(2)18-8-6-16(3)10-21(18)35-13-23(32)27-12-22-29-30-25(31(22)4)36-14-24(33)28-19-11-17(26)7-9-20(19)34-5/h6-11,15H,12-14H2,1-5H3,(H,27,32)(H,28,33). The summed E-state index contributed by atoms with van der Waals surface area (Å²) >= 11 is 7.24.